The van der Waals surface area contributed by atoms with Crippen molar-refractivity contribution in [2.75, 3.05) is 32.8 Å². The van der Waals surface area contributed by atoms with Gasteiger partial charge in [-0.15, -0.1) is 0 Å². The van der Waals surface area contributed by atoms with E-state index in [1.54, 1.807) is 138 Å². The van der Waals surface area contributed by atoms with Crippen molar-refractivity contribution in [3.8, 4) is 51.7 Å². The summed E-state index contributed by atoms with van der Waals surface area (Å²) in [5.74, 6) is -2.53. The summed E-state index contributed by atoms with van der Waals surface area (Å²) in [6, 6.07) is 26.5. The van der Waals surface area contributed by atoms with Gasteiger partial charge in [-0.2, -0.15) is 49.3 Å². The number of Topliss-reactive ketones (excluding diaryl/α,β-unsaturated/α-hetero) is 2. The number of carbonyl (C=O) groups is 9. The lowest BCUT2D eigenvalue weighted by molar-refractivity contribution is -0.385. The number of H-pyrrole nitrogens is 2. The number of pyridine rings is 3. The number of amides is 3. The molecule has 6 aromatic carbocycles. The minimum Gasteiger partial charge on any atom is -0.496 e. The quantitative estimate of drug-likeness (QED) is 0.0135. The monoisotopic (exact) mass is 2020 g/mol. The number of nitrogen functional groups attached to an aromatic ring is 2. The minimum absolute atomic E-state index is 0.00754. The number of nitrogens with zero attached hydrogens (tertiary/aromatic N) is 16. The standard InChI is InChI=1S/C28H27FN4O6.C23H19FN4O4.C17H14FN3O3.2C8H11N3O4.C8H13N3O2.C3H3N3O2/c1-28(2,3)39-27(36)33-15-17(14-32-33)10-18(34)9-16-5-6-24(21(29)11-16)38-23-7-8-31-22-13-25(37-4)20(26(30)35)12-19(22)23;1-31-22-10-19-16(9-17(22)23(25)30)20(4-5-26-19)32-21-3-2-13(8-18(21)24)6-15(29)7-14-11-27-28-12-14;1-23-16-8-13-10(7-11(16)17(20)22)14(4-5-21-13)24-15-3-2-9(19)6-12(15)18;2*1-8(2,3)15-7(12)10-5-6(4-9-10)11(13)14;1-8(2,3)13-7(12)11-5-6(9)4-10-11;7-6(8)3-1-4-5-2-3/h5-8,11-15H,9-10H2,1-4H3,(H2,30,35);2-5,8-12H,6-7H2,1H3,(H2,25,30)(H,27,28);2-8H,19H2,1H3,(H2,20,22);2*4-5H,1-3H3;4-5H,9H2,1-3H3;1-2H,(H,4,5). The number of hydrogen-bond acceptors (Lipinski definition) is 36. The van der Waals surface area contributed by atoms with E-state index in [9.17, 15) is 86.7 Å². The number of aromatic nitrogens is 15. The molecule has 0 spiro atoms. The molecule has 0 unspecified atom stereocenters. The number of rotatable bonds is 23. The van der Waals surface area contributed by atoms with Gasteiger partial charge in [0.05, 0.1) is 106 Å². The molecule has 15 rings (SSSR count). The number of fused-ring (bicyclic) bond motifs is 3. The Morgan fingerprint density at radius 3 is 0.966 bits per heavy atom. The van der Waals surface area contributed by atoms with Gasteiger partial charge in [-0.1, -0.05) is 12.1 Å². The average molecular weight is 2020 g/mol. The van der Waals surface area contributed by atoms with Crippen molar-refractivity contribution < 1.29 is 118 Å². The molecule has 3 amide bonds. The number of carbonyl (C=O) groups excluding carboxylic acids is 9. The van der Waals surface area contributed by atoms with Crippen molar-refractivity contribution in [3.63, 3.8) is 0 Å². The van der Waals surface area contributed by atoms with Crippen LogP contribution in [0.3, 0.4) is 0 Å². The fourth-order valence-electron chi connectivity index (χ4n) is 12.2. The number of primary amides is 3. The second-order valence-corrected chi connectivity index (χ2v) is 34.6. The van der Waals surface area contributed by atoms with E-state index in [4.69, 9.17) is 76.0 Å². The lowest BCUT2D eigenvalue weighted by Gasteiger charge is -2.18. The van der Waals surface area contributed by atoms with Crippen molar-refractivity contribution in [2.45, 2.75) is 131 Å². The van der Waals surface area contributed by atoms with Crippen LogP contribution in [0.15, 0.2) is 202 Å². The molecule has 0 aliphatic carbocycles. The van der Waals surface area contributed by atoms with Crippen LogP contribution in [0, 0.1) is 47.8 Å². The maximum atomic E-state index is 15.0. The molecule has 0 fully saturated rings. The molecule has 0 aliphatic heterocycles. The zero-order chi connectivity index (χ0) is 108. The van der Waals surface area contributed by atoms with Crippen LogP contribution in [0.4, 0.5) is 60.8 Å². The molecule has 0 atom stereocenters. The predicted molar refractivity (Wildman–Crippen MR) is 516 cm³/mol. The Bertz CT molecular complexity index is 7230. The largest absolute Gasteiger partial charge is 0.496 e. The highest BCUT2D eigenvalue weighted by Gasteiger charge is 2.28. The summed E-state index contributed by atoms with van der Waals surface area (Å²) in [4.78, 5) is 147. The molecule has 51 heteroatoms. The number of benzene rings is 6. The first kappa shape index (κ1) is 110. The van der Waals surface area contributed by atoms with Crippen LogP contribution in [0.1, 0.15) is 136 Å². The number of nitrogens with one attached hydrogen (secondary N) is 2. The lowest BCUT2D eigenvalue weighted by atomic mass is 10.0. The average Bonchev–Trinajstić information content (AvgIpc) is 1.09. The number of ether oxygens (including phenoxy) is 10. The van der Waals surface area contributed by atoms with Crippen LogP contribution in [-0.4, -0.2) is 187 Å². The van der Waals surface area contributed by atoms with E-state index in [1.165, 1.54) is 132 Å². The Morgan fingerprint density at radius 2 is 0.671 bits per heavy atom. The van der Waals surface area contributed by atoms with E-state index in [0.717, 1.165) is 61.3 Å². The Kier molecular flexibility index (Phi) is 36.8. The molecule has 764 valence electrons. The fourth-order valence-corrected chi connectivity index (χ4v) is 12.2. The van der Waals surface area contributed by atoms with E-state index in [2.05, 4.69) is 55.7 Å². The molecule has 0 aliphatic rings. The number of hydrogen-bond donors (Lipinski definition) is 7. The van der Waals surface area contributed by atoms with Crippen LogP contribution < -0.4 is 57.1 Å². The molecule has 0 saturated carbocycles. The van der Waals surface area contributed by atoms with E-state index in [0.29, 0.717) is 78.0 Å². The van der Waals surface area contributed by atoms with Crippen molar-refractivity contribution in [2.24, 2.45) is 17.2 Å². The van der Waals surface area contributed by atoms with Gasteiger partial charge in [0.25, 0.3) is 17.7 Å². The molecule has 9 aromatic heterocycles. The van der Waals surface area contributed by atoms with Gasteiger partial charge in [-0.25, -0.2) is 32.3 Å². The Balaban J connectivity index is 0.000000200. The SMILES string of the molecule is CC(C)(C)OC(=O)n1cc(N)cn1.CC(C)(C)OC(=O)n1cc([N+](=O)[O-])cn1.CC(C)(C)OC(=O)n1cc([N+](=O)[O-])cn1.COc1cc2nccc(Oc3ccc(CC(=O)Cc4cn[nH]c4)cc3F)c2cc1C(N)=O.COc1cc2nccc(Oc3ccc(CC(=O)Cc4cnn(C(=O)OC(C)(C)C)c4)cc3F)c2cc1C(N)=O.COc1cc2nccc(Oc3ccc(N)cc3F)c2cc1C(N)=O.O=[N+]([O-])c1cn[nH]c1. The highest BCUT2D eigenvalue weighted by atomic mass is 19.1. The number of methoxy groups -OCH3 is 3. The topological polar surface area (TPSA) is 673 Å². The maximum Gasteiger partial charge on any atom is 0.435 e. The summed E-state index contributed by atoms with van der Waals surface area (Å²) in [5, 5.41) is 58.7. The van der Waals surface area contributed by atoms with Gasteiger partial charge in [0.1, 0.15) is 99.5 Å². The first-order valence-electron chi connectivity index (χ1n) is 42.9. The molecule has 0 radical (unpaired) electrons. The van der Waals surface area contributed by atoms with E-state index in [1.807, 2.05) is 0 Å². The summed E-state index contributed by atoms with van der Waals surface area (Å²) < 4.78 is 100. The molecular weight excluding hydrogens is 1920 g/mol. The van der Waals surface area contributed by atoms with Crippen LogP contribution >= 0.6 is 0 Å². The third-order valence-corrected chi connectivity index (χ3v) is 18.4. The molecule has 48 nitrogen and oxygen atoms in total. The van der Waals surface area contributed by atoms with Gasteiger partial charge in [0.2, 0.25) is 0 Å². The summed E-state index contributed by atoms with van der Waals surface area (Å²) in [5.41, 5.74) is 29.1. The second kappa shape index (κ2) is 48.6. The predicted octanol–water partition coefficient (Wildman–Crippen LogP) is 15.5. The highest BCUT2D eigenvalue weighted by molar-refractivity contribution is 6.03. The summed E-state index contributed by atoms with van der Waals surface area (Å²) >= 11 is 0. The van der Waals surface area contributed by atoms with Gasteiger partial charge in [0.15, 0.2) is 34.7 Å². The van der Waals surface area contributed by atoms with Crippen molar-refractivity contribution >= 4 is 115 Å². The van der Waals surface area contributed by atoms with Crippen LogP contribution in [0.25, 0.3) is 32.7 Å². The fraction of sp³-hybridized carbons (Fsp3) is 0.242. The normalized spacial score (nSPS) is 10.9. The Hall–Kier alpha value is -19.2. The smallest absolute Gasteiger partial charge is 0.435 e. The van der Waals surface area contributed by atoms with Gasteiger partial charge >= 0.3 is 41.4 Å². The second-order valence-electron chi connectivity index (χ2n) is 34.6. The van der Waals surface area contributed by atoms with Gasteiger partial charge in [0, 0.05) is 103 Å². The van der Waals surface area contributed by atoms with Crippen molar-refractivity contribution in [1.29, 1.82) is 0 Å². The molecular formula is C95H98F3N23O25. The first-order valence-corrected chi connectivity index (χ1v) is 42.9. The number of halogens is 3. The number of anilines is 2. The van der Waals surface area contributed by atoms with E-state index < -0.39 is 96.7 Å². The van der Waals surface area contributed by atoms with Crippen molar-refractivity contribution in [3.05, 3.63) is 289 Å². The number of nitro groups is 3. The third-order valence-electron chi connectivity index (χ3n) is 18.4. The lowest BCUT2D eigenvalue weighted by Crippen LogP contribution is -2.27. The zero-order valence-corrected chi connectivity index (χ0v) is 80.8. The minimum atomic E-state index is -0.740. The number of aromatic amines is 2. The van der Waals surface area contributed by atoms with Gasteiger partial charge in [-0.05, 0) is 178 Å². The van der Waals surface area contributed by atoms with Crippen LogP contribution in [-0.2, 0) is 54.2 Å². The zero-order valence-electron chi connectivity index (χ0n) is 80.8. The molecule has 12 N–H and O–H groups in total. The van der Waals surface area contributed by atoms with Gasteiger partial charge < -0.3 is 76.0 Å². The number of ketones is 2. The van der Waals surface area contributed by atoms with Crippen LogP contribution in [0.5, 0.6) is 51.7 Å². The number of nitrogens with two attached hydrogens (primary N) is 5. The third kappa shape index (κ3) is 32.7. The Morgan fingerprint density at radius 1 is 0.349 bits per heavy atom. The van der Waals surface area contributed by atoms with E-state index in [-0.39, 0.29) is 105 Å². The van der Waals surface area contributed by atoms with Crippen LogP contribution in [0.2, 0.25) is 0 Å². The summed E-state index contributed by atoms with van der Waals surface area (Å²) in [6.45, 7) is 20.8. The highest BCUT2D eigenvalue weighted by Crippen LogP contribution is 2.39. The molecule has 9 heterocycles. The molecule has 0 saturated heterocycles. The molecule has 146 heavy (non-hydrogen) atoms. The van der Waals surface area contributed by atoms with Crippen molar-refractivity contribution in [1.82, 2.24) is 74.5 Å². The van der Waals surface area contributed by atoms with E-state index >= 15 is 0 Å². The summed E-state index contributed by atoms with van der Waals surface area (Å²) in [7, 11) is 4.26. The summed E-state index contributed by atoms with van der Waals surface area (Å²) in [6.07, 6.45) is 17.4. The molecule has 15 aromatic rings. The molecule has 0 bridgehead atoms. The first-order chi connectivity index (χ1) is 68.6. The van der Waals surface area contributed by atoms with Gasteiger partial charge in [-0.3, -0.25) is 79.5 Å². The maximum absolute atomic E-state index is 15.0. The Labute approximate surface area is 825 Å².